The lowest BCUT2D eigenvalue weighted by molar-refractivity contribution is 0.00578. The van der Waals surface area contributed by atoms with Crippen molar-refractivity contribution >= 4 is 12.7 Å². The van der Waals surface area contributed by atoms with Crippen LogP contribution in [0.2, 0.25) is 0 Å². The Labute approximate surface area is 161 Å². The molecule has 1 aromatic heterocycles. The standard InChI is InChI=1S/C23H24BNO2/c1-22(2)23(3,4)27-24(26-22)21-16-19(17-11-7-5-8-12-17)15-20(25-21)18-13-9-6-10-14-18/h5-16H,1-4H3. The summed E-state index contributed by atoms with van der Waals surface area (Å²) < 4.78 is 12.5. The molecule has 2 heterocycles. The highest BCUT2D eigenvalue weighted by molar-refractivity contribution is 6.61. The topological polar surface area (TPSA) is 31.4 Å². The van der Waals surface area contributed by atoms with Crippen molar-refractivity contribution in [2.45, 2.75) is 38.9 Å². The molecule has 0 N–H and O–H groups in total. The van der Waals surface area contributed by atoms with E-state index in [0.717, 1.165) is 28.0 Å². The molecule has 0 saturated carbocycles. The lowest BCUT2D eigenvalue weighted by Gasteiger charge is -2.32. The van der Waals surface area contributed by atoms with E-state index in [1.54, 1.807) is 0 Å². The van der Waals surface area contributed by atoms with Gasteiger partial charge >= 0.3 is 7.12 Å². The molecule has 1 aliphatic rings. The quantitative estimate of drug-likeness (QED) is 0.636. The van der Waals surface area contributed by atoms with Crippen molar-refractivity contribution in [1.82, 2.24) is 4.98 Å². The molecule has 1 fully saturated rings. The minimum absolute atomic E-state index is 0.394. The van der Waals surface area contributed by atoms with Crippen molar-refractivity contribution in [3.05, 3.63) is 72.8 Å². The first-order valence-electron chi connectivity index (χ1n) is 9.34. The molecule has 0 bridgehead atoms. The summed E-state index contributed by atoms with van der Waals surface area (Å²) in [6, 6.07) is 24.8. The Morgan fingerprint density at radius 2 is 1.19 bits per heavy atom. The molecule has 0 radical (unpaired) electrons. The van der Waals surface area contributed by atoms with E-state index in [1.807, 2.05) is 36.4 Å². The lowest BCUT2D eigenvalue weighted by atomic mass is 9.82. The van der Waals surface area contributed by atoms with Gasteiger partial charge in [-0.05, 0) is 51.0 Å². The van der Waals surface area contributed by atoms with E-state index in [9.17, 15) is 0 Å². The molecule has 4 heteroatoms. The first-order valence-corrected chi connectivity index (χ1v) is 9.34. The van der Waals surface area contributed by atoms with Crippen LogP contribution in [0.5, 0.6) is 0 Å². The molecule has 1 saturated heterocycles. The second-order valence-electron chi connectivity index (χ2n) is 7.99. The predicted molar refractivity (Wildman–Crippen MR) is 111 cm³/mol. The van der Waals surface area contributed by atoms with E-state index < -0.39 is 18.3 Å². The van der Waals surface area contributed by atoms with Crippen LogP contribution in [0.1, 0.15) is 27.7 Å². The van der Waals surface area contributed by atoms with Crippen LogP contribution < -0.4 is 5.59 Å². The second kappa shape index (κ2) is 6.63. The number of rotatable bonds is 3. The maximum atomic E-state index is 6.25. The van der Waals surface area contributed by atoms with E-state index in [0.29, 0.717) is 0 Å². The molecule has 0 spiro atoms. The molecular formula is C23H24BNO2. The fourth-order valence-electron chi connectivity index (χ4n) is 3.19. The van der Waals surface area contributed by atoms with Gasteiger partial charge in [0, 0.05) is 5.56 Å². The summed E-state index contributed by atoms with van der Waals surface area (Å²) >= 11 is 0. The van der Waals surface area contributed by atoms with Gasteiger partial charge in [-0.3, -0.25) is 4.98 Å². The van der Waals surface area contributed by atoms with E-state index in [1.165, 1.54) is 0 Å². The SMILES string of the molecule is CC1(C)OB(c2cc(-c3ccccc3)cc(-c3ccccc3)n2)OC1(C)C. The molecule has 0 atom stereocenters. The van der Waals surface area contributed by atoms with Gasteiger partial charge in [-0.25, -0.2) is 0 Å². The second-order valence-corrected chi connectivity index (χ2v) is 7.99. The van der Waals surface area contributed by atoms with Crippen LogP contribution >= 0.6 is 0 Å². The third-order valence-corrected chi connectivity index (χ3v) is 5.52. The predicted octanol–water partition coefficient (Wildman–Crippen LogP) is 4.71. The number of benzene rings is 2. The first kappa shape index (κ1) is 18.0. The number of hydrogen-bond donors (Lipinski definition) is 0. The van der Waals surface area contributed by atoms with Crippen molar-refractivity contribution in [1.29, 1.82) is 0 Å². The Morgan fingerprint density at radius 1 is 0.667 bits per heavy atom. The number of nitrogens with zero attached hydrogens (tertiary/aromatic N) is 1. The average molecular weight is 357 g/mol. The van der Waals surface area contributed by atoms with Crippen LogP contribution in [-0.2, 0) is 9.31 Å². The van der Waals surface area contributed by atoms with E-state index >= 15 is 0 Å². The van der Waals surface area contributed by atoms with E-state index in [2.05, 4.69) is 64.1 Å². The zero-order chi connectivity index (χ0) is 19.1. The maximum absolute atomic E-state index is 6.25. The van der Waals surface area contributed by atoms with Crippen molar-refractivity contribution < 1.29 is 9.31 Å². The highest BCUT2D eigenvalue weighted by Gasteiger charge is 2.52. The van der Waals surface area contributed by atoms with Crippen LogP contribution in [0.3, 0.4) is 0 Å². The molecule has 2 aromatic carbocycles. The molecule has 27 heavy (non-hydrogen) atoms. The fraction of sp³-hybridized carbons (Fsp3) is 0.261. The molecule has 3 nitrogen and oxygen atoms in total. The summed E-state index contributed by atoms with van der Waals surface area (Å²) in [7, 11) is -0.485. The zero-order valence-corrected chi connectivity index (χ0v) is 16.3. The van der Waals surface area contributed by atoms with Crippen molar-refractivity contribution in [3.8, 4) is 22.4 Å². The van der Waals surface area contributed by atoms with Gasteiger partial charge in [0.25, 0.3) is 0 Å². The molecule has 0 unspecified atom stereocenters. The van der Waals surface area contributed by atoms with Gasteiger partial charge in [0.1, 0.15) is 0 Å². The molecule has 136 valence electrons. The number of aromatic nitrogens is 1. The first-order chi connectivity index (χ1) is 12.9. The minimum Gasteiger partial charge on any atom is -0.398 e. The Bertz CT molecular complexity index is 865. The smallest absolute Gasteiger partial charge is 0.398 e. The highest BCUT2D eigenvalue weighted by Crippen LogP contribution is 2.36. The average Bonchev–Trinajstić information content (AvgIpc) is 2.90. The molecule has 3 aromatic rings. The van der Waals surface area contributed by atoms with Gasteiger partial charge in [0.05, 0.1) is 22.5 Å². The van der Waals surface area contributed by atoms with Crippen molar-refractivity contribution in [3.63, 3.8) is 0 Å². The van der Waals surface area contributed by atoms with Crippen LogP contribution in [0.15, 0.2) is 72.8 Å². The minimum atomic E-state index is -0.485. The maximum Gasteiger partial charge on any atom is 0.514 e. The molecule has 0 amide bonds. The van der Waals surface area contributed by atoms with Gasteiger partial charge in [0.2, 0.25) is 0 Å². The van der Waals surface area contributed by atoms with Gasteiger partial charge in [0.15, 0.2) is 0 Å². The Morgan fingerprint density at radius 3 is 1.74 bits per heavy atom. The van der Waals surface area contributed by atoms with Crippen LogP contribution in [0.25, 0.3) is 22.4 Å². The fourth-order valence-corrected chi connectivity index (χ4v) is 3.19. The highest BCUT2D eigenvalue weighted by atomic mass is 16.7. The monoisotopic (exact) mass is 357 g/mol. The van der Waals surface area contributed by atoms with Gasteiger partial charge in [-0.2, -0.15) is 0 Å². The lowest BCUT2D eigenvalue weighted by Crippen LogP contribution is -2.41. The van der Waals surface area contributed by atoms with E-state index in [-0.39, 0.29) is 0 Å². The Balaban J connectivity index is 1.82. The molecule has 4 rings (SSSR count). The van der Waals surface area contributed by atoms with Gasteiger partial charge in [-0.1, -0.05) is 60.7 Å². The summed E-state index contributed by atoms with van der Waals surface area (Å²) in [6.45, 7) is 8.25. The largest absolute Gasteiger partial charge is 0.514 e. The van der Waals surface area contributed by atoms with Crippen molar-refractivity contribution in [2.75, 3.05) is 0 Å². The Kier molecular flexibility index (Phi) is 4.41. The van der Waals surface area contributed by atoms with Gasteiger partial charge < -0.3 is 9.31 Å². The number of pyridine rings is 1. The van der Waals surface area contributed by atoms with Crippen molar-refractivity contribution in [2.24, 2.45) is 0 Å². The number of hydrogen-bond acceptors (Lipinski definition) is 3. The van der Waals surface area contributed by atoms with Gasteiger partial charge in [-0.15, -0.1) is 0 Å². The molecular weight excluding hydrogens is 333 g/mol. The third kappa shape index (κ3) is 3.43. The summed E-state index contributed by atoms with van der Waals surface area (Å²) in [6.07, 6.45) is 0. The zero-order valence-electron chi connectivity index (χ0n) is 16.3. The van der Waals surface area contributed by atoms with E-state index in [4.69, 9.17) is 14.3 Å². The normalized spacial score (nSPS) is 17.9. The Hall–Kier alpha value is -2.43. The van der Waals surface area contributed by atoms with Crippen LogP contribution in [0.4, 0.5) is 0 Å². The van der Waals surface area contributed by atoms with Crippen LogP contribution in [-0.4, -0.2) is 23.3 Å². The van der Waals surface area contributed by atoms with Crippen LogP contribution in [0, 0.1) is 0 Å². The molecule has 1 aliphatic heterocycles. The molecule has 0 aliphatic carbocycles. The summed E-state index contributed by atoms with van der Waals surface area (Å²) in [5.74, 6) is 0. The summed E-state index contributed by atoms with van der Waals surface area (Å²) in [4.78, 5) is 4.89. The third-order valence-electron chi connectivity index (χ3n) is 5.52. The summed E-state index contributed by atoms with van der Waals surface area (Å²) in [5, 5.41) is 0. The summed E-state index contributed by atoms with van der Waals surface area (Å²) in [5.41, 5.74) is 4.26.